The molecule has 1 aromatic carbocycles. The Bertz CT molecular complexity index is 856. The molecule has 0 unspecified atom stereocenters. The highest BCUT2D eigenvalue weighted by atomic mass is 16.5. The summed E-state index contributed by atoms with van der Waals surface area (Å²) in [4.78, 5) is 19.4. The molecule has 1 aromatic heterocycles. The van der Waals surface area contributed by atoms with E-state index in [1.165, 1.54) is 0 Å². The molecule has 0 spiro atoms. The van der Waals surface area contributed by atoms with Gasteiger partial charge in [-0.25, -0.2) is 0 Å². The van der Waals surface area contributed by atoms with E-state index in [1.54, 1.807) is 17.9 Å². The molecule has 7 heteroatoms. The van der Waals surface area contributed by atoms with E-state index in [-0.39, 0.29) is 11.6 Å². The van der Waals surface area contributed by atoms with Crippen molar-refractivity contribution < 1.29 is 13.9 Å². The minimum absolute atomic E-state index is 0.0618. The minimum atomic E-state index is 0.0618. The molecule has 0 atom stereocenters. The Morgan fingerprint density at radius 1 is 1.26 bits per heavy atom. The van der Waals surface area contributed by atoms with Crippen molar-refractivity contribution in [3.05, 3.63) is 41.4 Å². The number of oxazole rings is 1. The van der Waals surface area contributed by atoms with Crippen molar-refractivity contribution in [1.82, 2.24) is 9.88 Å². The average Bonchev–Trinajstić information content (AvgIpc) is 3.11. The third-order valence-corrected chi connectivity index (χ3v) is 4.35. The number of carbonyl (C=O) groups excluding carboxylic acids is 1. The second-order valence-corrected chi connectivity index (χ2v) is 6.15. The molecule has 1 saturated heterocycles. The number of carbonyl (C=O) groups is 1. The van der Waals surface area contributed by atoms with E-state index in [2.05, 4.69) is 11.1 Å². The Kier molecular flexibility index (Phi) is 5.77. The molecule has 0 aliphatic carbocycles. The van der Waals surface area contributed by atoms with Gasteiger partial charge in [0.1, 0.15) is 11.8 Å². The van der Waals surface area contributed by atoms with Crippen LogP contribution in [0.4, 0.5) is 5.88 Å². The number of nitriles is 1. The maximum absolute atomic E-state index is 11.4. The predicted molar refractivity (Wildman–Crippen MR) is 102 cm³/mol. The van der Waals surface area contributed by atoms with Gasteiger partial charge >= 0.3 is 0 Å². The lowest BCUT2D eigenvalue weighted by molar-refractivity contribution is -0.129. The molecule has 1 amide bonds. The number of piperazine rings is 1. The second-order valence-electron chi connectivity index (χ2n) is 6.15. The summed E-state index contributed by atoms with van der Waals surface area (Å²) < 4.78 is 11.2. The van der Waals surface area contributed by atoms with Gasteiger partial charge in [-0.15, -0.1) is 0 Å². The van der Waals surface area contributed by atoms with E-state index in [4.69, 9.17) is 9.15 Å². The molecule has 7 nitrogen and oxygen atoms in total. The lowest BCUT2D eigenvalue weighted by atomic mass is 10.2. The van der Waals surface area contributed by atoms with E-state index in [1.807, 2.05) is 42.2 Å². The number of aromatic nitrogens is 1. The molecule has 27 heavy (non-hydrogen) atoms. The monoisotopic (exact) mass is 366 g/mol. The van der Waals surface area contributed by atoms with Crippen molar-refractivity contribution in [1.29, 1.82) is 5.26 Å². The third-order valence-electron chi connectivity index (χ3n) is 4.35. The zero-order valence-electron chi connectivity index (χ0n) is 15.5. The van der Waals surface area contributed by atoms with Gasteiger partial charge in [-0.05, 0) is 30.7 Å². The molecular weight excluding hydrogens is 344 g/mol. The Labute approximate surface area is 158 Å². The highest BCUT2D eigenvalue weighted by Gasteiger charge is 2.24. The van der Waals surface area contributed by atoms with Gasteiger partial charge in [0.25, 0.3) is 0 Å². The normalized spacial score (nSPS) is 14.4. The number of amides is 1. The van der Waals surface area contributed by atoms with Crippen LogP contribution in [0.2, 0.25) is 0 Å². The van der Waals surface area contributed by atoms with Crippen LogP contribution in [0.3, 0.4) is 0 Å². The largest absolute Gasteiger partial charge is 0.494 e. The van der Waals surface area contributed by atoms with Gasteiger partial charge in [-0.2, -0.15) is 10.2 Å². The summed E-state index contributed by atoms with van der Waals surface area (Å²) in [7, 11) is 0. The second kappa shape index (κ2) is 8.41. The average molecular weight is 366 g/mol. The van der Waals surface area contributed by atoms with Crippen molar-refractivity contribution in [2.45, 2.75) is 13.8 Å². The molecule has 0 saturated carbocycles. The molecule has 2 aromatic rings. The lowest BCUT2D eigenvalue weighted by Gasteiger charge is -2.33. The number of anilines is 1. The highest BCUT2D eigenvalue weighted by molar-refractivity contribution is 5.73. The van der Waals surface area contributed by atoms with E-state index < -0.39 is 0 Å². The summed E-state index contributed by atoms with van der Waals surface area (Å²) in [5.41, 5.74) is 1.24. The Balaban J connectivity index is 1.71. The molecule has 140 valence electrons. The fraction of sp³-hybridized carbons (Fsp3) is 0.350. The summed E-state index contributed by atoms with van der Waals surface area (Å²) in [6.07, 6.45) is 3.62. The summed E-state index contributed by atoms with van der Waals surface area (Å²) in [6.45, 7) is 6.59. The van der Waals surface area contributed by atoms with Crippen LogP contribution in [-0.2, 0) is 4.79 Å². The number of ether oxygens (including phenoxy) is 1. The third kappa shape index (κ3) is 4.47. The van der Waals surface area contributed by atoms with Gasteiger partial charge in [0.2, 0.25) is 23.4 Å². The van der Waals surface area contributed by atoms with Crippen molar-refractivity contribution in [3.8, 4) is 11.8 Å². The van der Waals surface area contributed by atoms with Gasteiger partial charge in [0.05, 0.1) is 6.61 Å². The first-order valence-corrected chi connectivity index (χ1v) is 8.93. The van der Waals surface area contributed by atoms with Crippen molar-refractivity contribution in [2.24, 2.45) is 0 Å². The molecule has 0 radical (unpaired) electrons. The van der Waals surface area contributed by atoms with Gasteiger partial charge in [0, 0.05) is 39.2 Å². The van der Waals surface area contributed by atoms with Gasteiger partial charge in [-0.3, -0.25) is 4.79 Å². The quantitative estimate of drug-likeness (QED) is 0.809. The van der Waals surface area contributed by atoms with Gasteiger partial charge < -0.3 is 19.0 Å². The van der Waals surface area contributed by atoms with Gasteiger partial charge in [-0.1, -0.05) is 12.1 Å². The fourth-order valence-corrected chi connectivity index (χ4v) is 2.92. The van der Waals surface area contributed by atoms with Crippen LogP contribution < -0.4 is 9.64 Å². The predicted octanol–water partition coefficient (Wildman–Crippen LogP) is 2.78. The first kappa shape index (κ1) is 18.5. The molecule has 3 rings (SSSR count). The van der Waals surface area contributed by atoms with Gasteiger partial charge in [0.15, 0.2) is 0 Å². The lowest BCUT2D eigenvalue weighted by Crippen LogP contribution is -2.48. The Morgan fingerprint density at radius 2 is 1.96 bits per heavy atom. The molecule has 1 aliphatic heterocycles. The number of rotatable bonds is 5. The molecule has 0 bridgehead atoms. The summed E-state index contributed by atoms with van der Waals surface area (Å²) in [5.74, 6) is 1.73. The molecular formula is C20H22N4O3. The first-order chi connectivity index (χ1) is 13.1. The van der Waals surface area contributed by atoms with E-state index in [9.17, 15) is 10.1 Å². The van der Waals surface area contributed by atoms with Crippen molar-refractivity contribution in [3.63, 3.8) is 0 Å². The Hall–Kier alpha value is -3.27. The molecule has 0 N–H and O–H groups in total. The van der Waals surface area contributed by atoms with Crippen molar-refractivity contribution in [2.75, 3.05) is 37.7 Å². The topological polar surface area (TPSA) is 82.6 Å². The van der Waals surface area contributed by atoms with E-state index >= 15 is 0 Å². The van der Waals surface area contributed by atoms with E-state index in [0.717, 1.165) is 11.3 Å². The zero-order chi connectivity index (χ0) is 19.2. The summed E-state index contributed by atoms with van der Waals surface area (Å²) in [5, 5.41) is 9.37. The number of hydrogen-bond acceptors (Lipinski definition) is 6. The maximum Gasteiger partial charge on any atom is 0.235 e. The number of benzene rings is 1. The summed E-state index contributed by atoms with van der Waals surface area (Å²) in [6, 6.07) is 9.78. The zero-order valence-corrected chi connectivity index (χ0v) is 15.5. The molecule has 1 aliphatic rings. The SMILES string of the molecule is CCOc1ccc(C=Cc2nc(C#N)c(N3CCN(C(C)=O)CC3)o2)cc1. The van der Waals surface area contributed by atoms with Crippen LogP contribution >= 0.6 is 0 Å². The van der Waals surface area contributed by atoms with Crippen molar-refractivity contribution >= 4 is 23.9 Å². The molecule has 2 heterocycles. The first-order valence-electron chi connectivity index (χ1n) is 8.93. The number of nitrogens with zero attached hydrogens (tertiary/aromatic N) is 4. The number of hydrogen-bond donors (Lipinski definition) is 0. The van der Waals surface area contributed by atoms with Crippen LogP contribution in [0, 0.1) is 11.3 Å². The smallest absolute Gasteiger partial charge is 0.235 e. The maximum atomic E-state index is 11.4. The highest BCUT2D eigenvalue weighted by Crippen LogP contribution is 2.24. The minimum Gasteiger partial charge on any atom is -0.494 e. The fourth-order valence-electron chi connectivity index (χ4n) is 2.92. The van der Waals surface area contributed by atoms with Crippen LogP contribution in [0.15, 0.2) is 28.7 Å². The van der Waals surface area contributed by atoms with Crippen LogP contribution in [0.5, 0.6) is 5.75 Å². The standard InChI is InChI=1S/C20H22N4O3/c1-3-26-17-7-4-16(5-8-17)6-9-19-22-18(14-21)20(27-19)24-12-10-23(11-13-24)15(2)25/h4-9H,3,10-13H2,1-2H3. The van der Waals surface area contributed by atoms with E-state index in [0.29, 0.717) is 44.6 Å². The van der Waals surface area contributed by atoms with Crippen LogP contribution in [0.1, 0.15) is 31.0 Å². The van der Waals surface area contributed by atoms with Crippen LogP contribution in [0.25, 0.3) is 12.2 Å². The Morgan fingerprint density at radius 3 is 2.56 bits per heavy atom. The van der Waals surface area contributed by atoms with Crippen LogP contribution in [-0.4, -0.2) is 48.6 Å². The molecule has 1 fully saturated rings. The summed E-state index contributed by atoms with van der Waals surface area (Å²) >= 11 is 0.